The van der Waals surface area contributed by atoms with Crippen molar-refractivity contribution in [3.63, 3.8) is 0 Å². The van der Waals surface area contributed by atoms with Crippen molar-refractivity contribution in [2.24, 2.45) is 23.2 Å². The lowest BCUT2D eigenvalue weighted by Gasteiger charge is -2.56. The number of aromatic hydroxyl groups is 1. The zero-order valence-electron chi connectivity index (χ0n) is 27.5. The number of nitrogens with zero attached hydrogens (tertiary/aromatic N) is 1. The van der Waals surface area contributed by atoms with E-state index < -0.39 is 63.7 Å². The number of phenols is 1. The molecular weight excluding hydrogens is 576 g/mol. The maximum Gasteiger partial charge on any atom is 0.190 e. The molecule has 6 atom stereocenters. The third kappa shape index (κ3) is 5.02. The van der Waals surface area contributed by atoms with Crippen molar-refractivity contribution in [1.82, 2.24) is 10.2 Å². The molecule has 10 heteroatoms. The van der Waals surface area contributed by atoms with Gasteiger partial charge in [0.15, 0.2) is 28.7 Å². The van der Waals surface area contributed by atoms with Crippen LogP contribution in [0.25, 0.3) is 11.3 Å². The molecular formula is C35H44N2O8. The van der Waals surface area contributed by atoms with E-state index in [1.807, 2.05) is 40.7 Å². The normalized spacial score (nSPS) is 30.0. The Hall–Kier alpha value is -3.47. The SMILES string of the molecule is CC(=O)C1C(=O)C(N(C)C)[C@H]2C[C@@]3(C)Cc4c(C(C)C)cc(-c5ccc(CNC(C)(C)C)o5)c(O)c4C(=O)C3C(=O)[C@@]2(O)C1=O. The Labute approximate surface area is 263 Å². The van der Waals surface area contributed by atoms with Gasteiger partial charge >= 0.3 is 0 Å². The fraction of sp³-hybridized carbons (Fsp3) is 0.571. The summed E-state index contributed by atoms with van der Waals surface area (Å²) in [5.74, 6) is -8.10. The fourth-order valence-corrected chi connectivity index (χ4v) is 7.87. The largest absolute Gasteiger partial charge is 0.506 e. The molecule has 45 heavy (non-hydrogen) atoms. The monoisotopic (exact) mass is 620 g/mol. The van der Waals surface area contributed by atoms with Crippen molar-refractivity contribution in [1.29, 1.82) is 0 Å². The molecule has 0 bridgehead atoms. The Balaban J connectivity index is 1.65. The summed E-state index contributed by atoms with van der Waals surface area (Å²) in [5.41, 5.74) is -2.23. The van der Waals surface area contributed by atoms with E-state index in [1.54, 1.807) is 33.2 Å². The van der Waals surface area contributed by atoms with Crippen LogP contribution in [-0.2, 0) is 32.1 Å². The number of carbonyl (C=O) groups is 5. The van der Waals surface area contributed by atoms with Crippen LogP contribution in [0.5, 0.6) is 5.75 Å². The Morgan fingerprint density at radius 2 is 1.78 bits per heavy atom. The first-order valence-electron chi connectivity index (χ1n) is 15.5. The highest BCUT2D eigenvalue weighted by molar-refractivity contribution is 6.32. The highest BCUT2D eigenvalue weighted by Crippen LogP contribution is 2.57. The third-order valence-electron chi connectivity index (χ3n) is 9.99. The van der Waals surface area contributed by atoms with Gasteiger partial charge in [-0.2, -0.15) is 0 Å². The molecule has 0 spiro atoms. The van der Waals surface area contributed by atoms with Crippen LogP contribution >= 0.6 is 0 Å². The van der Waals surface area contributed by atoms with E-state index in [0.29, 0.717) is 29.2 Å². The Kier molecular flexibility index (Phi) is 7.91. The molecule has 0 saturated heterocycles. The lowest BCUT2D eigenvalue weighted by atomic mass is 9.47. The van der Waals surface area contributed by atoms with Gasteiger partial charge in [-0.05, 0) is 95.3 Å². The lowest BCUT2D eigenvalue weighted by molar-refractivity contribution is -0.185. The number of Topliss-reactive ketones (excluding diaryl/α,β-unsaturated/α-hetero) is 5. The van der Waals surface area contributed by atoms with Gasteiger partial charge in [-0.1, -0.05) is 20.8 Å². The number of nitrogens with one attached hydrogen (secondary N) is 1. The van der Waals surface area contributed by atoms with Crippen LogP contribution in [0.4, 0.5) is 0 Å². The van der Waals surface area contributed by atoms with Gasteiger partial charge in [0, 0.05) is 11.5 Å². The van der Waals surface area contributed by atoms with E-state index >= 15 is 0 Å². The van der Waals surface area contributed by atoms with Crippen LogP contribution in [0.3, 0.4) is 0 Å². The molecule has 5 rings (SSSR count). The summed E-state index contributed by atoms with van der Waals surface area (Å²) in [6.07, 6.45) is 0.217. The van der Waals surface area contributed by atoms with Crippen LogP contribution in [0, 0.1) is 23.2 Å². The molecule has 2 fully saturated rings. The van der Waals surface area contributed by atoms with Gasteiger partial charge in [-0.3, -0.25) is 28.9 Å². The van der Waals surface area contributed by atoms with Crippen molar-refractivity contribution in [3.05, 3.63) is 40.6 Å². The first-order valence-corrected chi connectivity index (χ1v) is 15.5. The minimum Gasteiger partial charge on any atom is -0.506 e. The maximum atomic E-state index is 14.5. The topological polar surface area (TPSA) is 154 Å². The summed E-state index contributed by atoms with van der Waals surface area (Å²) in [4.78, 5) is 70.1. The molecule has 3 aliphatic rings. The molecule has 1 aromatic carbocycles. The predicted molar refractivity (Wildman–Crippen MR) is 166 cm³/mol. The average molecular weight is 621 g/mol. The summed E-state index contributed by atoms with van der Waals surface area (Å²) >= 11 is 0. The third-order valence-corrected chi connectivity index (χ3v) is 9.99. The van der Waals surface area contributed by atoms with E-state index in [2.05, 4.69) is 5.32 Å². The van der Waals surface area contributed by atoms with Gasteiger partial charge in [0.2, 0.25) is 0 Å². The van der Waals surface area contributed by atoms with Crippen LogP contribution in [0.1, 0.15) is 88.1 Å². The molecule has 3 N–H and O–H groups in total. The smallest absolute Gasteiger partial charge is 0.190 e. The number of benzene rings is 1. The molecule has 3 unspecified atom stereocenters. The molecule has 1 heterocycles. The summed E-state index contributed by atoms with van der Waals surface area (Å²) in [6, 6.07) is 4.26. The highest BCUT2D eigenvalue weighted by Gasteiger charge is 2.71. The number of furan rings is 1. The molecule has 2 aromatic rings. The molecule has 242 valence electrons. The summed E-state index contributed by atoms with van der Waals surface area (Å²) in [5, 5.41) is 27.0. The van der Waals surface area contributed by atoms with Crippen molar-refractivity contribution in [2.75, 3.05) is 14.1 Å². The van der Waals surface area contributed by atoms with Crippen LogP contribution in [0.15, 0.2) is 22.6 Å². The molecule has 0 aliphatic heterocycles. The first kappa shape index (κ1) is 32.9. The van der Waals surface area contributed by atoms with E-state index in [0.717, 1.165) is 12.5 Å². The van der Waals surface area contributed by atoms with Gasteiger partial charge in [0.05, 0.1) is 29.6 Å². The predicted octanol–water partition coefficient (Wildman–Crippen LogP) is 3.63. The van der Waals surface area contributed by atoms with Crippen LogP contribution < -0.4 is 5.32 Å². The van der Waals surface area contributed by atoms with E-state index in [9.17, 15) is 34.2 Å². The number of fused-ring (bicyclic) bond motifs is 3. The number of rotatable bonds is 6. The van der Waals surface area contributed by atoms with Crippen LogP contribution in [-0.4, -0.2) is 75.3 Å². The first-order chi connectivity index (χ1) is 20.7. The number of likely N-dealkylation sites (N-methyl/N-ethyl adjacent to an activating group) is 1. The highest BCUT2D eigenvalue weighted by atomic mass is 16.3. The van der Waals surface area contributed by atoms with Crippen molar-refractivity contribution < 1.29 is 38.6 Å². The molecule has 2 saturated carbocycles. The molecule has 0 radical (unpaired) electrons. The summed E-state index contributed by atoms with van der Waals surface area (Å²) in [6.45, 7) is 13.4. The van der Waals surface area contributed by atoms with E-state index in [4.69, 9.17) is 4.42 Å². The number of ketones is 5. The number of carbonyl (C=O) groups excluding carboxylic acids is 5. The van der Waals surface area contributed by atoms with Gasteiger partial charge in [0.25, 0.3) is 0 Å². The van der Waals surface area contributed by atoms with Gasteiger partial charge in [0.1, 0.15) is 29.0 Å². The maximum absolute atomic E-state index is 14.5. The van der Waals surface area contributed by atoms with Gasteiger partial charge in [-0.15, -0.1) is 0 Å². The second kappa shape index (κ2) is 10.8. The summed E-state index contributed by atoms with van der Waals surface area (Å²) < 4.78 is 6.08. The molecule has 1 aromatic heterocycles. The zero-order valence-corrected chi connectivity index (χ0v) is 27.5. The van der Waals surface area contributed by atoms with Crippen molar-refractivity contribution in [2.45, 2.75) is 91.0 Å². The van der Waals surface area contributed by atoms with Gasteiger partial charge < -0.3 is 19.9 Å². The molecule has 0 amide bonds. The Morgan fingerprint density at radius 3 is 2.33 bits per heavy atom. The second-order valence-corrected chi connectivity index (χ2v) is 15.0. The van der Waals surface area contributed by atoms with Crippen LogP contribution in [0.2, 0.25) is 0 Å². The summed E-state index contributed by atoms with van der Waals surface area (Å²) in [7, 11) is 3.21. The minimum atomic E-state index is -2.71. The zero-order chi connectivity index (χ0) is 33.5. The average Bonchev–Trinajstić information content (AvgIpc) is 3.37. The number of hydrogen-bond donors (Lipinski definition) is 3. The standard InChI is InChI=1S/C35H44N2O8/c1-16(2)19-12-20(23-11-10-18(45-23)15-36-33(4,5)6)28(39)25-21(19)13-34(7)14-22-27(37(8)9)30(41)24(17(3)38)31(42)35(22,44)32(43)26(34)29(25)40/h10-12,16,22,24,26-27,36,39,44H,13-15H2,1-9H3/t22-,24?,26?,27?,34-,35+/m1/s1. The van der Waals surface area contributed by atoms with E-state index in [-0.39, 0.29) is 35.6 Å². The quantitative estimate of drug-likeness (QED) is 0.408. The second-order valence-electron chi connectivity index (χ2n) is 15.0. The van der Waals surface area contributed by atoms with E-state index in [1.165, 1.54) is 4.90 Å². The van der Waals surface area contributed by atoms with Crippen molar-refractivity contribution >= 4 is 28.9 Å². The number of phenolic OH excluding ortho intramolecular Hbond substituents is 1. The Morgan fingerprint density at radius 1 is 1.13 bits per heavy atom. The number of aliphatic hydroxyl groups is 1. The fourth-order valence-electron chi connectivity index (χ4n) is 7.87. The number of hydrogen-bond acceptors (Lipinski definition) is 10. The lowest BCUT2D eigenvalue weighted by Crippen LogP contribution is -2.75. The molecule has 10 nitrogen and oxygen atoms in total. The Bertz CT molecular complexity index is 1630. The molecule has 3 aliphatic carbocycles. The van der Waals surface area contributed by atoms with Gasteiger partial charge in [-0.25, -0.2) is 0 Å². The van der Waals surface area contributed by atoms with Crippen molar-refractivity contribution in [3.8, 4) is 17.1 Å². The minimum absolute atomic E-state index is 0.0123.